The molecule has 0 aliphatic carbocycles. The first-order chi connectivity index (χ1) is 13.2. The summed E-state index contributed by atoms with van der Waals surface area (Å²) in [6, 6.07) is 7.79. The summed E-state index contributed by atoms with van der Waals surface area (Å²) >= 11 is 0. The second-order valence-electron chi connectivity index (χ2n) is 6.76. The van der Waals surface area contributed by atoms with Crippen molar-refractivity contribution >= 4 is 24.0 Å². The maximum atomic E-state index is 12.8. The molecule has 28 heavy (non-hydrogen) atoms. The van der Waals surface area contributed by atoms with Crippen LogP contribution in [0, 0.1) is 5.92 Å². The number of amides is 1. The molecule has 0 bridgehead atoms. The third kappa shape index (κ3) is 6.04. The minimum absolute atomic E-state index is 0. The van der Waals surface area contributed by atoms with E-state index in [9.17, 15) is 4.79 Å². The molecule has 1 amide bonds. The molecule has 0 saturated carbocycles. The Kier molecular flexibility index (Phi) is 8.92. The zero-order valence-electron chi connectivity index (χ0n) is 16.4. The smallest absolute Gasteiger partial charge is 0.229 e. The number of anilines is 1. The molecule has 2 atom stereocenters. The SMILES string of the molecule is CCOCCOCc1cccc(NC(=O)[C@H]2CNC[C@@H]2c2cnn(C)c2)c1.Cl. The Hall–Kier alpha value is -1.93. The van der Waals surface area contributed by atoms with E-state index in [1.165, 1.54) is 0 Å². The highest BCUT2D eigenvalue weighted by molar-refractivity contribution is 5.93. The molecule has 1 saturated heterocycles. The van der Waals surface area contributed by atoms with Crippen molar-refractivity contribution in [3.8, 4) is 0 Å². The van der Waals surface area contributed by atoms with Crippen molar-refractivity contribution in [1.82, 2.24) is 15.1 Å². The Bertz CT molecular complexity index is 753. The van der Waals surface area contributed by atoms with Crippen LogP contribution in [0.2, 0.25) is 0 Å². The number of carbonyl (C=O) groups is 1. The van der Waals surface area contributed by atoms with Crippen molar-refractivity contribution in [3.05, 3.63) is 47.8 Å². The van der Waals surface area contributed by atoms with E-state index in [1.807, 2.05) is 50.6 Å². The molecule has 0 unspecified atom stereocenters. The first-order valence-electron chi connectivity index (χ1n) is 9.42. The van der Waals surface area contributed by atoms with Gasteiger partial charge in [0, 0.05) is 44.5 Å². The molecule has 1 aliphatic heterocycles. The molecule has 2 aromatic rings. The van der Waals surface area contributed by atoms with Crippen LogP contribution in [-0.2, 0) is 27.9 Å². The number of benzene rings is 1. The zero-order valence-corrected chi connectivity index (χ0v) is 17.2. The van der Waals surface area contributed by atoms with E-state index in [0.717, 1.165) is 23.4 Å². The summed E-state index contributed by atoms with van der Waals surface area (Å²) in [5.41, 5.74) is 2.92. The van der Waals surface area contributed by atoms with Gasteiger partial charge in [-0.1, -0.05) is 12.1 Å². The molecule has 8 heteroatoms. The summed E-state index contributed by atoms with van der Waals surface area (Å²) in [6.07, 6.45) is 3.83. The standard InChI is InChI=1S/C20H28N4O3.ClH/c1-3-26-7-8-27-14-15-5-4-6-17(9-15)23-20(25)19-12-21-11-18(19)16-10-22-24(2)13-16;/h4-6,9-10,13,18-19,21H,3,7-8,11-12,14H2,1-2H3,(H,23,25);1H/t18-,19+;/m1./s1. The maximum absolute atomic E-state index is 12.8. The predicted octanol–water partition coefficient (Wildman–Crippen LogP) is 2.34. The van der Waals surface area contributed by atoms with Gasteiger partial charge < -0.3 is 20.1 Å². The van der Waals surface area contributed by atoms with Crippen LogP contribution in [-0.4, -0.2) is 48.6 Å². The van der Waals surface area contributed by atoms with E-state index in [0.29, 0.717) is 33.0 Å². The van der Waals surface area contributed by atoms with Crippen LogP contribution in [0.5, 0.6) is 0 Å². The lowest BCUT2D eigenvalue weighted by Gasteiger charge is -2.17. The monoisotopic (exact) mass is 408 g/mol. The van der Waals surface area contributed by atoms with E-state index in [1.54, 1.807) is 4.68 Å². The number of nitrogens with one attached hydrogen (secondary N) is 2. The molecule has 2 N–H and O–H groups in total. The van der Waals surface area contributed by atoms with Gasteiger partial charge in [-0.15, -0.1) is 12.4 Å². The fourth-order valence-corrected chi connectivity index (χ4v) is 3.36. The van der Waals surface area contributed by atoms with Crippen LogP contribution in [0.1, 0.15) is 24.0 Å². The normalized spacial score (nSPS) is 18.6. The Morgan fingerprint density at radius 2 is 2.14 bits per heavy atom. The van der Waals surface area contributed by atoms with Gasteiger partial charge in [0.15, 0.2) is 0 Å². The highest BCUT2D eigenvalue weighted by Crippen LogP contribution is 2.29. The van der Waals surface area contributed by atoms with Gasteiger partial charge in [-0.05, 0) is 30.2 Å². The van der Waals surface area contributed by atoms with Crippen molar-refractivity contribution in [1.29, 1.82) is 0 Å². The van der Waals surface area contributed by atoms with Crippen molar-refractivity contribution in [2.75, 3.05) is 38.2 Å². The summed E-state index contributed by atoms with van der Waals surface area (Å²) in [4.78, 5) is 12.8. The molecule has 7 nitrogen and oxygen atoms in total. The van der Waals surface area contributed by atoms with Crippen molar-refractivity contribution in [2.24, 2.45) is 13.0 Å². The molecule has 1 aliphatic rings. The Balaban J connectivity index is 0.00000280. The average Bonchev–Trinajstić information content (AvgIpc) is 3.30. The predicted molar refractivity (Wildman–Crippen MR) is 111 cm³/mol. The fraction of sp³-hybridized carbons (Fsp3) is 0.500. The summed E-state index contributed by atoms with van der Waals surface area (Å²) in [5, 5.41) is 10.6. The number of halogens is 1. The van der Waals surface area contributed by atoms with Gasteiger partial charge in [0.05, 0.1) is 31.9 Å². The second kappa shape index (κ2) is 11.2. The molecular formula is C20H29ClN4O3. The third-order valence-corrected chi connectivity index (χ3v) is 4.74. The Morgan fingerprint density at radius 3 is 2.89 bits per heavy atom. The molecule has 1 aromatic heterocycles. The van der Waals surface area contributed by atoms with Crippen LogP contribution >= 0.6 is 12.4 Å². The number of aromatic nitrogens is 2. The number of nitrogens with zero attached hydrogens (tertiary/aromatic N) is 2. The molecule has 3 rings (SSSR count). The number of hydrogen-bond donors (Lipinski definition) is 2. The van der Waals surface area contributed by atoms with E-state index in [2.05, 4.69) is 15.7 Å². The number of hydrogen-bond acceptors (Lipinski definition) is 5. The molecule has 1 fully saturated rings. The number of aryl methyl sites for hydroxylation is 1. The van der Waals surface area contributed by atoms with Crippen molar-refractivity contribution in [2.45, 2.75) is 19.4 Å². The van der Waals surface area contributed by atoms with Crippen LogP contribution in [0.3, 0.4) is 0 Å². The van der Waals surface area contributed by atoms with E-state index < -0.39 is 0 Å². The Labute approximate surface area is 172 Å². The van der Waals surface area contributed by atoms with Gasteiger partial charge in [0.2, 0.25) is 5.91 Å². The minimum atomic E-state index is -0.111. The molecule has 0 spiro atoms. The quantitative estimate of drug-likeness (QED) is 0.623. The minimum Gasteiger partial charge on any atom is -0.379 e. The summed E-state index contributed by atoms with van der Waals surface area (Å²) < 4.78 is 12.6. The number of rotatable bonds is 9. The Morgan fingerprint density at radius 1 is 1.32 bits per heavy atom. The molecule has 154 valence electrons. The molecule has 1 aromatic carbocycles. The third-order valence-electron chi connectivity index (χ3n) is 4.74. The topological polar surface area (TPSA) is 77.4 Å². The lowest BCUT2D eigenvalue weighted by atomic mass is 9.90. The lowest BCUT2D eigenvalue weighted by molar-refractivity contribution is -0.119. The van der Waals surface area contributed by atoms with Crippen molar-refractivity contribution < 1.29 is 14.3 Å². The van der Waals surface area contributed by atoms with Gasteiger partial charge in [0.1, 0.15) is 0 Å². The van der Waals surface area contributed by atoms with Gasteiger partial charge in [-0.2, -0.15) is 5.10 Å². The van der Waals surface area contributed by atoms with E-state index in [4.69, 9.17) is 9.47 Å². The maximum Gasteiger partial charge on any atom is 0.229 e. The number of carbonyl (C=O) groups excluding carboxylic acids is 1. The van der Waals surface area contributed by atoms with Crippen molar-refractivity contribution in [3.63, 3.8) is 0 Å². The van der Waals surface area contributed by atoms with E-state index >= 15 is 0 Å². The van der Waals surface area contributed by atoms with Crippen LogP contribution in [0.15, 0.2) is 36.7 Å². The van der Waals surface area contributed by atoms with Gasteiger partial charge >= 0.3 is 0 Å². The fourth-order valence-electron chi connectivity index (χ4n) is 3.36. The average molecular weight is 409 g/mol. The zero-order chi connectivity index (χ0) is 19.1. The largest absolute Gasteiger partial charge is 0.379 e. The van der Waals surface area contributed by atoms with E-state index in [-0.39, 0.29) is 30.2 Å². The van der Waals surface area contributed by atoms with Gasteiger partial charge in [-0.25, -0.2) is 0 Å². The highest BCUT2D eigenvalue weighted by atomic mass is 35.5. The highest BCUT2D eigenvalue weighted by Gasteiger charge is 2.34. The summed E-state index contributed by atoms with van der Waals surface area (Å²) in [5.74, 6) is 0.0624. The van der Waals surface area contributed by atoms with Crippen LogP contribution in [0.25, 0.3) is 0 Å². The first-order valence-corrected chi connectivity index (χ1v) is 9.42. The summed E-state index contributed by atoms with van der Waals surface area (Å²) in [7, 11) is 1.89. The molecule has 2 heterocycles. The molecule has 0 radical (unpaired) electrons. The first kappa shape index (κ1) is 22.4. The molecular weight excluding hydrogens is 380 g/mol. The van der Waals surface area contributed by atoms with Gasteiger partial charge in [0.25, 0.3) is 0 Å². The second-order valence-corrected chi connectivity index (χ2v) is 6.76. The van der Waals surface area contributed by atoms with Gasteiger partial charge in [-0.3, -0.25) is 9.48 Å². The number of ether oxygens (including phenoxy) is 2. The lowest BCUT2D eigenvalue weighted by Crippen LogP contribution is -2.28. The van der Waals surface area contributed by atoms with Crippen LogP contribution in [0.4, 0.5) is 5.69 Å². The van der Waals surface area contributed by atoms with Crippen LogP contribution < -0.4 is 10.6 Å². The summed E-state index contributed by atoms with van der Waals surface area (Å²) in [6.45, 7) is 5.78.